The van der Waals surface area contributed by atoms with Crippen LogP contribution in [0.25, 0.3) is 11.3 Å². The van der Waals surface area contributed by atoms with Crippen molar-refractivity contribution in [3.05, 3.63) is 65.2 Å². The number of carbonyl (C=O) groups excluding carboxylic acids is 1. The van der Waals surface area contributed by atoms with Crippen LogP contribution in [0, 0.1) is 13.8 Å². The highest BCUT2D eigenvalue weighted by Gasteiger charge is 2.27. The second kappa shape index (κ2) is 11.7. The van der Waals surface area contributed by atoms with Crippen LogP contribution in [0.4, 0.5) is 5.95 Å². The number of nitrogens with two attached hydrogens (primary N) is 1. The molecular weight excluding hydrogens is 514 g/mol. The van der Waals surface area contributed by atoms with Crippen LogP contribution >= 0.6 is 0 Å². The minimum Gasteiger partial charge on any atom is -0.475 e. The van der Waals surface area contributed by atoms with Crippen LogP contribution < -0.4 is 15.2 Å². The smallest absolute Gasteiger partial charge is 0.264 e. The first-order valence-corrected chi connectivity index (χ1v) is 14.7. The molecule has 0 unspecified atom stereocenters. The van der Waals surface area contributed by atoms with Crippen LogP contribution in [0.1, 0.15) is 61.0 Å². The lowest BCUT2D eigenvalue weighted by Crippen LogP contribution is -2.41. The lowest BCUT2D eigenvalue weighted by atomic mass is 9.90. The Labute approximate surface area is 230 Å². The van der Waals surface area contributed by atoms with Gasteiger partial charge in [-0.1, -0.05) is 24.3 Å². The molecule has 3 N–H and O–H groups in total. The van der Waals surface area contributed by atoms with E-state index in [2.05, 4.69) is 14.7 Å². The lowest BCUT2D eigenvalue weighted by Gasteiger charge is -2.33. The third-order valence-corrected chi connectivity index (χ3v) is 8.35. The van der Waals surface area contributed by atoms with Gasteiger partial charge in [-0.15, -0.1) is 0 Å². The highest BCUT2D eigenvalue weighted by molar-refractivity contribution is 7.92. The SMILES string of the molecule is Cc1cccc(C)c1-c1cc(OC(C)C)nc(NS(=O)(=O)c2cccc(C(=O)N(C)C3CCC(N)CC3)c2)n1. The molecule has 208 valence electrons. The molecule has 1 fully saturated rings. The summed E-state index contributed by atoms with van der Waals surface area (Å²) in [5.41, 5.74) is 9.72. The van der Waals surface area contributed by atoms with Gasteiger partial charge < -0.3 is 15.4 Å². The Kier molecular flexibility index (Phi) is 8.56. The number of hydrogen-bond acceptors (Lipinski definition) is 7. The molecule has 1 heterocycles. The zero-order valence-electron chi connectivity index (χ0n) is 23.1. The van der Waals surface area contributed by atoms with Gasteiger partial charge in [0.05, 0.1) is 16.7 Å². The van der Waals surface area contributed by atoms with Gasteiger partial charge in [0.15, 0.2) is 0 Å². The molecule has 3 aromatic rings. The predicted molar refractivity (Wildman–Crippen MR) is 152 cm³/mol. The minimum atomic E-state index is -4.11. The van der Waals surface area contributed by atoms with Gasteiger partial charge in [0.2, 0.25) is 11.8 Å². The molecule has 0 radical (unpaired) electrons. The van der Waals surface area contributed by atoms with Crippen molar-refractivity contribution in [3.63, 3.8) is 0 Å². The molecule has 1 aliphatic carbocycles. The van der Waals surface area contributed by atoms with Crippen molar-refractivity contribution in [2.75, 3.05) is 11.8 Å². The molecule has 4 rings (SSSR count). The fourth-order valence-electron chi connectivity index (χ4n) is 4.95. The van der Waals surface area contributed by atoms with Gasteiger partial charge in [-0.05, 0) is 82.7 Å². The molecule has 0 spiro atoms. The monoisotopic (exact) mass is 551 g/mol. The van der Waals surface area contributed by atoms with Gasteiger partial charge in [0, 0.05) is 36.3 Å². The summed E-state index contributed by atoms with van der Waals surface area (Å²) in [6.45, 7) is 7.68. The number of nitrogens with one attached hydrogen (secondary N) is 1. The molecule has 2 aromatic carbocycles. The Hall–Kier alpha value is -3.50. The minimum absolute atomic E-state index is 0.0557. The maximum absolute atomic E-state index is 13.4. The lowest BCUT2D eigenvalue weighted by molar-refractivity contribution is 0.0689. The van der Waals surface area contributed by atoms with Crippen molar-refractivity contribution in [2.24, 2.45) is 5.73 Å². The fraction of sp³-hybridized carbons (Fsp3) is 0.414. The number of aromatic nitrogens is 2. The summed E-state index contributed by atoms with van der Waals surface area (Å²) < 4.78 is 35.2. The van der Waals surface area contributed by atoms with E-state index in [1.165, 1.54) is 12.1 Å². The van der Waals surface area contributed by atoms with E-state index < -0.39 is 10.0 Å². The van der Waals surface area contributed by atoms with Crippen molar-refractivity contribution in [1.29, 1.82) is 0 Å². The maximum atomic E-state index is 13.4. The largest absolute Gasteiger partial charge is 0.475 e. The number of hydrogen-bond donors (Lipinski definition) is 2. The van der Waals surface area contributed by atoms with Crippen LogP contribution in [-0.2, 0) is 10.0 Å². The van der Waals surface area contributed by atoms with Gasteiger partial charge >= 0.3 is 0 Å². The summed E-state index contributed by atoms with van der Waals surface area (Å²) >= 11 is 0. The molecule has 1 amide bonds. The third-order valence-electron chi connectivity index (χ3n) is 7.02. The summed E-state index contributed by atoms with van der Waals surface area (Å²) in [6.07, 6.45) is 3.22. The van der Waals surface area contributed by atoms with E-state index in [-0.39, 0.29) is 40.8 Å². The van der Waals surface area contributed by atoms with E-state index in [1.54, 1.807) is 30.1 Å². The number of ether oxygens (including phenoxy) is 1. The van der Waals surface area contributed by atoms with Crippen LogP contribution in [0.15, 0.2) is 53.4 Å². The van der Waals surface area contributed by atoms with Crippen LogP contribution in [0.5, 0.6) is 5.88 Å². The Morgan fingerprint density at radius 3 is 2.31 bits per heavy atom. The summed E-state index contributed by atoms with van der Waals surface area (Å²) in [7, 11) is -2.35. The van der Waals surface area contributed by atoms with Crippen molar-refractivity contribution in [1.82, 2.24) is 14.9 Å². The normalized spacial score (nSPS) is 17.6. The first kappa shape index (κ1) is 28.5. The number of rotatable bonds is 8. The van der Waals surface area contributed by atoms with Crippen molar-refractivity contribution in [2.45, 2.75) is 76.5 Å². The van der Waals surface area contributed by atoms with Crippen molar-refractivity contribution >= 4 is 21.9 Å². The van der Waals surface area contributed by atoms with E-state index in [0.717, 1.165) is 42.4 Å². The van der Waals surface area contributed by atoms with Crippen molar-refractivity contribution < 1.29 is 17.9 Å². The maximum Gasteiger partial charge on any atom is 0.264 e. The Balaban J connectivity index is 1.63. The van der Waals surface area contributed by atoms with Crippen LogP contribution in [0.3, 0.4) is 0 Å². The summed E-state index contributed by atoms with van der Waals surface area (Å²) in [6, 6.07) is 13.9. The molecule has 0 aliphatic heterocycles. The Bertz CT molecular complexity index is 1430. The summed E-state index contributed by atoms with van der Waals surface area (Å²) in [5, 5.41) is 0. The molecule has 0 atom stereocenters. The van der Waals surface area contributed by atoms with Gasteiger partial charge in [0.25, 0.3) is 15.9 Å². The van der Waals surface area contributed by atoms with Crippen LogP contribution in [0.2, 0.25) is 0 Å². The van der Waals surface area contributed by atoms with Crippen molar-refractivity contribution in [3.8, 4) is 17.1 Å². The number of aryl methyl sites for hydroxylation is 2. The van der Waals surface area contributed by atoms with Gasteiger partial charge in [-0.2, -0.15) is 4.98 Å². The topological polar surface area (TPSA) is 128 Å². The molecule has 0 saturated heterocycles. The van der Waals surface area contributed by atoms with Gasteiger partial charge in [-0.25, -0.2) is 18.1 Å². The molecule has 0 bridgehead atoms. The van der Waals surface area contributed by atoms with E-state index in [1.807, 2.05) is 45.9 Å². The number of anilines is 1. The highest BCUT2D eigenvalue weighted by Crippen LogP contribution is 2.30. The molecule has 1 saturated carbocycles. The number of amides is 1. The zero-order valence-corrected chi connectivity index (χ0v) is 24.0. The molecule has 1 aliphatic rings. The molecule has 39 heavy (non-hydrogen) atoms. The summed E-state index contributed by atoms with van der Waals surface area (Å²) in [5.74, 6) is -0.0836. The average molecular weight is 552 g/mol. The van der Waals surface area contributed by atoms with E-state index in [0.29, 0.717) is 11.3 Å². The molecule has 9 nitrogen and oxygen atoms in total. The number of sulfonamides is 1. The Morgan fingerprint density at radius 1 is 1.03 bits per heavy atom. The number of nitrogens with zero attached hydrogens (tertiary/aromatic N) is 3. The molecule has 1 aromatic heterocycles. The summed E-state index contributed by atoms with van der Waals surface area (Å²) in [4.78, 5) is 23.7. The standard InChI is InChI=1S/C29H37N5O4S/c1-18(2)38-26-17-25(27-19(3)8-6-9-20(27)4)31-29(32-26)33-39(36,37)24-11-7-10-21(16-24)28(35)34(5)23-14-12-22(30)13-15-23/h6-11,16-18,22-23H,12-15,30H2,1-5H3,(H,31,32,33). The number of benzene rings is 2. The third kappa shape index (κ3) is 6.75. The second-order valence-corrected chi connectivity index (χ2v) is 12.1. The van der Waals surface area contributed by atoms with Gasteiger partial charge in [-0.3, -0.25) is 4.79 Å². The fourth-order valence-corrected chi connectivity index (χ4v) is 5.94. The first-order chi connectivity index (χ1) is 18.4. The van der Waals surface area contributed by atoms with E-state index in [4.69, 9.17) is 10.5 Å². The predicted octanol–water partition coefficient (Wildman–Crippen LogP) is 4.69. The highest BCUT2D eigenvalue weighted by atomic mass is 32.2. The van der Waals surface area contributed by atoms with Crippen LogP contribution in [-0.4, -0.2) is 54.4 Å². The Morgan fingerprint density at radius 2 is 1.67 bits per heavy atom. The number of carbonyl (C=O) groups is 1. The molecule has 10 heteroatoms. The van der Waals surface area contributed by atoms with Gasteiger partial charge in [0.1, 0.15) is 0 Å². The zero-order chi connectivity index (χ0) is 28.3. The quantitative estimate of drug-likeness (QED) is 0.416. The molecular formula is C29H37N5O4S. The first-order valence-electron chi connectivity index (χ1n) is 13.2. The average Bonchev–Trinajstić information content (AvgIpc) is 2.87. The van der Waals surface area contributed by atoms with E-state index >= 15 is 0 Å². The van der Waals surface area contributed by atoms with E-state index in [9.17, 15) is 13.2 Å². The second-order valence-electron chi connectivity index (χ2n) is 10.5.